The molecule has 1 aromatic carbocycles. The Morgan fingerprint density at radius 2 is 2.25 bits per heavy atom. The van der Waals surface area contributed by atoms with Gasteiger partial charge in [-0.25, -0.2) is 4.98 Å². The van der Waals surface area contributed by atoms with Crippen molar-refractivity contribution in [2.75, 3.05) is 7.05 Å². The van der Waals surface area contributed by atoms with Crippen LogP contribution in [0.1, 0.15) is 11.3 Å². The Balaban J connectivity index is 2.35. The fourth-order valence-corrected chi connectivity index (χ4v) is 2.70. The van der Waals surface area contributed by atoms with Crippen LogP contribution >= 0.6 is 22.9 Å². The molecule has 0 aliphatic rings. The van der Waals surface area contributed by atoms with Crippen molar-refractivity contribution in [3.05, 3.63) is 39.9 Å². The molecule has 0 saturated heterocycles. The first kappa shape index (κ1) is 11.6. The zero-order valence-electron chi connectivity index (χ0n) is 9.25. The first-order valence-corrected chi connectivity index (χ1v) is 6.32. The highest BCUT2D eigenvalue weighted by Crippen LogP contribution is 2.28. The van der Waals surface area contributed by atoms with Gasteiger partial charge in [-0.2, -0.15) is 0 Å². The monoisotopic (exact) mass is 252 g/mol. The lowest BCUT2D eigenvalue weighted by Gasteiger charge is -2.02. The number of thiazole rings is 1. The lowest BCUT2D eigenvalue weighted by Crippen LogP contribution is -2.04. The quantitative estimate of drug-likeness (QED) is 0.905. The molecule has 0 radical (unpaired) electrons. The molecule has 0 saturated carbocycles. The van der Waals surface area contributed by atoms with Crippen molar-refractivity contribution >= 4 is 22.9 Å². The number of nitrogens with zero attached hydrogens (tertiary/aromatic N) is 1. The van der Waals surface area contributed by atoms with Crippen LogP contribution in [0.15, 0.2) is 23.6 Å². The molecule has 16 heavy (non-hydrogen) atoms. The number of rotatable bonds is 3. The van der Waals surface area contributed by atoms with Gasteiger partial charge in [-0.1, -0.05) is 17.7 Å². The van der Waals surface area contributed by atoms with Crippen LogP contribution in [0, 0.1) is 6.92 Å². The maximum Gasteiger partial charge on any atom is 0.123 e. The maximum absolute atomic E-state index is 5.93. The molecule has 0 bridgehead atoms. The van der Waals surface area contributed by atoms with E-state index in [0.29, 0.717) is 0 Å². The summed E-state index contributed by atoms with van der Waals surface area (Å²) in [5.41, 5.74) is 3.41. The van der Waals surface area contributed by atoms with E-state index in [-0.39, 0.29) is 0 Å². The minimum absolute atomic E-state index is 0.772. The summed E-state index contributed by atoms with van der Waals surface area (Å²) in [6.45, 7) is 2.86. The number of aromatic nitrogens is 1. The minimum atomic E-state index is 0.772. The van der Waals surface area contributed by atoms with Gasteiger partial charge in [0.25, 0.3) is 0 Å². The summed E-state index contributed by atoms with van der Waals surface area (Å²) < 4.78 is 0. The van der Waals surface area contributed by atoms with Crippen LogP contribution in [0.25, 0.3) is 10.6 Å². The Morgan fingerprint density at radius 3 is 2.94 bits per heavy atom. The SMILES string of the molecule is CNCc1csc(-c2ccc(Cl)cc2C)n1. The van der Waals surface area contributed by atoms with Crippen molar-refractivity contribution in [3.63, 3.8) is 0 Å². The molecule has 0 unspecified atom stereocenters. The molecule has 1 N–H and O–H groups in total. The van der Waals surface area contributed by atoms with Gasteiger partial charge >= 0.3 is 0 Å². The maximum atomic E-state index is 5.93. The molecule has 0 amide bonds. The second kappa shape index (κ2) is 4.95. The van der Waals surface area contributed by atoms with E-state index in [1.807, 2.05) is 25.2 Å². The molecule has 84 valence electrons. The van der Waals surface area contributed by atoms with Gasteiger partial charge in [0, 0.05) is 22.5 Å². The zero-order chi connectivity index (χ0) is 11.5. The van der Waals surface area contributed by atoms with Crippen molar-refractivity contribution in [3.8, 4) is 10.6 Å². The number of aryl methyl sites for hydroxylation is 1. The van der Waals surface area contributed by atoms with Crippen LogP contribution in [0.5, 0.6) is 0 Å². The average molecular weight is 253 g/mol. The largest absolute Gasteiger partial charge is 0.314 e. The molecule has 2 nitrogen and oxygen atoms in total. The lowest BCUT2D eigenvalue weighted by atomic mass is 10.1. The summed E-state index contributed by atoms with van der Waals surface area (Å²) in [6, 6.07) is 5.90. The van der Waals surface area contributed by atoms with Crippen molar-refractivity contribution < 1.29 is 0 Å². The standard InChI is InChI=1S/C12H13ClN2S/c1-8-5-9(13)3-4-11(8)12-15-10(6-14-2)7-16-12/h3-5,7,14H,6H2,1-2H3. The van der Waals surface area contributed by atoms with Crippen LogP contribution in [0.4, 0.5) is 0 Å². The Hall–Kier alpha value is -0.900. The van der Waals surface area contributed by atoms with E-state index in [1.54, 1.807) is 11.3 Å². The molecule has 0 fully saturated rings. The second-order valence-electron chi connectivity index (χ2n) is 3.63. The number of benzene rings is 1. The van der Waals surface area contributed by atoms with E-state index in [9.17, 15) is 0 Å². The summed E-state index contributed by atoms with van der Waals surface area (Å²) in [5.74, 6) is 0. The van der Waals surface area contributed by atoms with E-state index in [0.717, 1.165) is 33.4 Å². The third-order valence-corrected chi connectivity index (χ3v) is 3.49. The van der Waals surface area contributed by atoms with Gasteiger partial charge in [0.15, 0.2) is 0 Å². The zero-order valence-corrected chi connectivity index (χ0v) is 10.8. The molecule has 0 atom stereocenters. The van der Waals surface area contributed by atoms with Crippen LogP contribution < -0.4 is 5.32 Å². The fourth-order valence-electron chi connectivity index (χ4n) is 1.56. The highest BCUT2D eigenvalue weighted by atomic mass is 35.5. The first-order chi connectivity index (χ1) is 7.70. The second-order valence-corrected chi connectivity index (χ2v) is 4.93. The highest BCUT2D eigenvalue weighted by molar-refractivity contribution is 7.13. The Kier molecular flexibility index (Phi) is 3.59. The van der Waals surface area contributed by atoms with E-state index in [1.165, 1.54) is 0 Å². The van der Waals surface area contributed by atoms with Crippen molar-refractivity contribution in [1.29, 1.82) is 0 Å². The predicted molar refractivity (Wildman–Crippen MR) is 70.1 cm³/mol. The number of hydrogen-bond acceptors (Lipinski definition) is 3. The number of hydrogen-bond donors (Lipinski definition) is 1. The molecule has 0 aliphatic heterocycles. The highest BCUT2D eigenvalue weighted by Gasteiger charge is 2.07. The van der Waals surface area contributed by atoms with Crippen LogP contribution in [-0.4, -0.2) is 12.0 Å². The third kappa shape index (κ3) is 2.43. The molecule has 2 aromatic rings. The van der Waals surface area contributed by atoms with Crippen molar-refractivity contribution in [1.82, 2.24) is 10.3 Å². The van der Waals surface area contributed by atoms with Crippen LogP contribution in [0.3, 0.4) is 0 Å². The molecular formula is C12H13ClN2S. The van der Waals surface area contributed by atoms with Gasteiger partial charge < -0.3 is 5.32 Å². The van der Waals surface area contributed by atoms with Crippen molar-refractivity contribution in [2.24, 2.45) is 0 Å². The third-order valence-electron chi connectivity index (χ3n) is 2.33. The topological polar surface area (TPSA) is 24.9 Å². The van der Waals surface area contributed by atoms with Crippen molar-refractivity contribution in [2.45, 2.75) is 13.5 Å². The molecule has 1 heterocycles. The normalized spacial score (nSPS) is 10.7. The number of nitrogens with one attached hydrogen (secondary N) is 1. The summed E-state index contributed by atoms with van der Waals surface area (Å²) in [7, 11) is 1.92. The summed E-state index contributed by atoms with van der Waals surface area (Å²) in [5, 5.41) is 7.01. The number of halogens is 1. The van der Waals surface area contributed by atoms with Gasteiger partial charge in [0.2, 0.25) is 0 Å². The Morgan fingerprint density at radius 1 is 1.44 bits per heavy atom. The van der Waals surface area contributed by atoms with Gasteiger partial charge in [-0.3, -0.25) is 0 Å². The van der Waals surface area contributed by atoms with Gasteiger partial charge in [0.1, 0.15) is 5.01 Å². The molecule has 0 spiro atoms. The summed E-state index contributed by atoms with van der Waals surface area (Å²) in [4.78, 5) is 4.57. The smallest absolute Gasteiger partial charge is 0.123 e. The van der Waals surface area contributed by atoms with E-state index < -0.39 is 0 Å². The Labute approximate surface area is 104 Å². The summed E-state index contributed by atoms with van der Waals surface area (Å²) >= 11 is 7.60. The van der Waals surface area contributed by atoms with Gasteiger partial charge in [-0.05, 0) is 31.7 Å². The lowest BCUT2D eigenvalue weighted by molar-refractivity contribution is 0.798. The first-order valence-electron chi connectivity index (χ1n) is 5.06. The summed E-state index contributed by atoms with van der Waals surface area (Å²) in [6.07, 6.45) is 0. The fraction of sp³-hybridized carbons (Fsp3) is 0.250. The molecule has 2 rings (SSSR count). The molecule has 1 aromatic heterocycles. The van der Waals surface area contributed by atoms with Crippen LogP contribution in [-0.2, 0) is 6.54 Å². The minimum Gasteiger partial charge on any atom is -0.314 e. The Bertz CT molecular complexity index is 494. The molecule has 4 heteroatoms. The van der Waals surface area contributed by atoms with E-state index >= 15 is 0 Å². The van der Waals surface area contributed by atoms with Gasteiger partial charge in [-0.15, -0.1) is 11.3 Å². The van der Waals surface area contributed by atoms with E-state index in [2.05, 4.69) is 22.6 Å². The van der Waals surface area contributed by atoms with Gasteiger partial charge in [0.05, 0.1) is 5.69 Å². The van der Waals surface area contributed by atoms with E-state index in [4.69, 9.17) is 11.6 Å². The molecule has 0 aliphatic carbocycles. The molecular weight excluding hydrogens is 240 g/mol. The predicted octanol–water partition coefficient (Wildman–Crippen LogP) is 3.49. The van der Waals surface area contributed by atoms with Crippen LogP contribution in [0.2, 0.25) is 5.02 Å². The average Bonchev–Trinajstić information content (AvgIpc) is 2.67.